The Morgan fingerprint density at radius 1 is 1.45 bits per heavy atom. The molecule has 1 rings (SSSR count). The number of carbonyl (C=O) groups is 1. The van der Waals surface area contributed by atoms with Gasteiger partial charge in [-0.3, -0.25) is 14.9 Å². The minimum absolute atomic E-state index is 0.000274. The van der Waals surface area contributed by atoms with E-state index in [4.69, 9.17) is 0 Å². The molecule has 1 aromatic rings. The van der Waals surface area contributed by atoms with Gasteiger partial charge in [0.05, 0.1) is 4.92 Å². The smallest absolute Gasteiger partial charge is 0.305 e. The molecule has 6 nitrogen and oxygen atoms in total. The second kappa shape index (κ2) is 6.88. The van der Waals surface area contributed by atoms with Crippen LogP contribution in [0.25, 0.3) is 0 Å². The SMILES string of the molecule is CCCN(C(=O)c1cccc(NC)c1[N+](=O)[O-])C(C)C. The quantitative estimate of drug-likeness (QED) is 0.641. The van der Waals surface area contributed by atoms with E-state index in [-0.39, 0.29) is 23.2 Å². The Morgan fingerprint density at radius 3 is 2.55 bits per heavy atom. The van der Waals surface area contributed by atoms with Crippen molar-refractivity contribution in [2.24, 2.45) is 0 Å². The lowest BCUT2D eigenvalue weighted by molar-refractivity contribution is -0.384. The van der Waals surface area contributed by atoms with Crippen LogP contribution in [0.1, 0.15) is 37.6 Å². The third-order valence-electron chi connectivity index (χ3n) is 3.07. The zero-order chi connectivity index (χ0) is 15.3. The molecule has 0 fully saturated rings. The number of amides is 1. The highest BCUT2D eigenvalue weighted by molar-refractivity contribution is 6.00. The summed E-state index contributed by atoms with van der Waals surface area (Å²) < 4.78 is 0. The fraction of sp³-hybridized carbons (Fsp3) is 0.500. The van der Waals surface area contributed by atoms with Crippen molar-refractivity contribution in [3.63, 3.8) is 0 Å². The molecule has 1 N–H and O–H groups in total. The first kappa shape index (κ1) is 15.9. The number of nitro groups is 1. The van der Waals surface area contributed by atoms with Crippen molar-refractivity contribution in [3.8, 4) is 0 Å². The number of benzene rings is 1. The number of carbonyl (C=O) groups excluding carboxylic acids is 1. The normalized spacial score (nSPS) is 10.4. The third-order valence-corrected chi connectivity index (χ3v) is 3.07. The molecule has 0 aromatic heterocycles. The van der Waals surface area contributed by atoms with E-state index in [9.17, 15) is 14.9 Å². The van der Waals surface area contributed by atoms with Crippen LogP contribution in [0.4, 0.5) is 11.4 Å². The van der Waals surface area contributed by atoms with Gasteiger partial charge >= 0.3 is 5.69 Å². The Balaban J connectivity index is 3.30. The lowest BCUT2D eigenvalue weighted by Crippen LogP contribution is -2.37. The average molecular weight is 279 g/mol. The van der Waals surface area contributed by atoms with Crippen LogP contribution in [-0.4, -0.2) is 35.4 Å². The molecular weight excluding hydrogens is 258 g/mol. The number of anilines is 1. The van der Waals surface area contributed by atoms with Crippen LogP contribution >= 0.6 is 0 Å². The Morgan fingerprint density at radius 2 is 2.10 bits per heavy atom. The van der Waals surface area contributed by atoms with Crippen molar-refractivity contribution < 1.29 is 9.72 Å². The molecule has 0 aliphatic rings. The fourth-order valence-electron chi connectivity index (χ4n) is 2.10. The van der Waals surface area contributed by atoms with E-state index in [2.05, 4.69) is 5.32 Å². The van der Waals surface area contributed by atoms with Gasteiger partial charge in [-0.05, 0) is 32.4 Å². The Bertz CT molecular complexity index is 500. The summed E-state index contributed by atoms with van der Waals surface area (Å²) in [6.07, 6.45) is 0.809. The van der Waals surface area contributed by atoms with Crippen molar-refractivity contribution in [1.29, 1.82) is 0 Å². The van der Waals surface area contributed by atoms with Crippen LogP contribution in [0.15, 0.2) is 18.2 Å². The molecular formula is C14H21N3O3. The van der Waals surface area contributed by atoms with E-state index in [0.717, 1.165) is 6.42 Å². The standard InChI is InChI=1S/C14H21N3O3/c1-5-9-16(10(2)3)14(18)11-7-6-8-12(15-4)13(11)17(19)20/h6-8,10,15H,5,9H2,1-4H3. The number of nitrogens with zero attached hydrogens (tertiary/aromatic N) is 2. The van der Waals surface area contributed by atoms with E-state index in [0.29, 0.717) is 12.2 Å². The van der Waals surface area contributed by atoms with Gasteiger partial charge in [0.2, 0.25) is 0 Å². The van der Waals surface area contributed by atoms with Crippen molar-refractivity contribution in [1.82, 2.24) is 4.90 Å². The van der Waals surface area contributed by atoms with E-state index < -0.39 is 4.92 Å². The minimum Gasteiger partial charge on any atom is -0.383 e. The first-order valence-corrected chi connectivity index (χ1v) is 6.70. The Hall–Kier alpha value is -2.11. The van der Waals surface area contributed by atoms with E-state index in [1.807, 2.05) is 20.8 Å². The molecule has 0 bridgehead atoms. The molecule has 20 heavy (non-hydrogen) atoms. The van der Waals surface area contributed by atoms with Crippen molar-refractivity contribution in [3.05, 3.63) is 33.9 Å². The number of para-hydroxylation sites is 1. The molecule has 0 saturated carbocycles. The lowest BCUT2D eigenvalue weighted by atomic mass is 10.1. The van der Waals surface area contributed by atoms with Crippen LogP contribution in [0.2, 0.25) is 0 Å². The molecule has 0 saturated heterocycles. The third kappa shape index (κ3) is 3.26. The van der Waals surface area contributed by atoms with Gasteiger partial charge in [-0.2, -0.15) is 0 Å². The van der Waals surface area contributed by atoms with Gasteiger partial charge in [0, 0.05) is 19.6 Å². The predicted octanol–water partition coefficient (Wildman–Crippen LogP) is 2.90. The molecule has 110 valence electrons. The summed E-state index contributed by atoms with van der Waals surface area (Å²) in [6.45, 7) is 6.36. The summed E-state index contributed by atoms with van der Waals surface area (Å²) in [6, 6.07) is 4.75. The maximum Gasteiger partial charge on any atom is 0.305 e. The largest absolute Gasteiger partial charge is 0.383 e. The summed E-state index contributed by atoms with van der Waals surface area (Å²) in [5.74, 6) is -0.300. The van der Waals surface area contributed by atoms with Crippen LogP contribution in [0.5, 0.6) is 0 Å². The van der Waals surface area contributed by atoms with E-state index >= 15 is 0 Å². The van der Waals surface area contributed by atoms with E-state index in [1.54, 1.807) is 24.1 Å². The number of hydrogen-bond acceptors (Lipinski definition) is 4. The molecule has 0 spiro atoms. The fourth-order valence-corrected chi connectivity index (χ4v) is 2.10. The highest BCUT2D eigenvalue weighted by Gasteiger charge is 2.28. The first-order valence-electron chi connectivity index (χ1n) is 6.70. The molecule has 0 aliphatic carbocycles. The molecule has 1 aromatic carbocycles. The monoisotopic (exact) mass is 279 g/mol. The Labute approximate surface area is 118 Å². The summed E-state index contributed by atoms with van der Waals surface area (Å²) in [7, 11) is 1.60. The molecule has 1 amide bonds. The maximum atomic E-state index is 12.6. The Kier molecular flexibility index (Phi) is 5.49. The van der Waals surface area contributed by atoms with Crippen LogP contribution in [-0.2, 0) is 0 Å². The summed E-state index contributed by atoms with van der Waals surface area (Å²) in [5, 5.41) is 14.0. The van der Waals surface area contributed by atoms with Crippen LogP contribution in [0.3, 0.4) is 0 Å². The molecule has 0 unspecified atom stereocenters. The zero-order valence-corrected chi connectivity index (χ0v) is 12.3. The topological polar surface area (TPSA) is 75.5 Å². The summed E-state index contributed by atoms with van der Waals surface area (Å²) in [4.78, 5) is 25.0. The van der Waals surface area contributed by atoms with Crippen molar-refractivity contribution in [2.75, 3.05) is 18.9 Å². The molecule has 6 heteroatoms. The van der Waals surface area contributed by atoms with Gasteiger partial charge in [-0.1, -0.05) is 13.0 Å². The average Bonchev–Trinajstić information content (AvgIpc) is 2.42. The minimum atomic E-state index is -0.510. The molecule has 0 aliphatic heterocycles. The van der Waals surface area contributed by atoms with Crippen LogP contribution < -0.4 is 5.32 Å². The number of nitrogens with one attached hydrogen (secondary N) is 1. The lowest BCUT2D eigenvalue weighted by Gasteiger charge is -2.26. The zero-order valence-electron chi connectivity index (χ0n) is 12.3. The number of hydrogen-bond donors (Lipinski definition) is 1. The highest BCUT2D eigenvalue weighted by atomic mass is 16.6. The van der Waals surface area contributed by atoms with Gasteiger partial charge in [0.15, 0.2) is 0 Å². The highest BCUT2D eigenvalue weighted by Crippen LogP contribution is 2.29. The van der Waals surface area contributed by atoms with Gasteiger partial charge in [0.25, 0.3) is 5.91 Å². The van der Waals surface area contributed by atoms with Gasteiger partial charge in [-0.15, -0.1) is 0 Å². The van der Waals surface area contributed by atoms with Gasteiger partial charge < -0.3 is 10.2 Å². The predicted molar refractivity (Wildman–Crippen MR) is 79.1 cm³/mol. The molecule has 0 radical (unpaired) electrons. The van der Waals surface area contributed by atoms with Crippen molar-refractivity contribution in [2.45, 2.75) is 33.2 Å². The van der Waals surface area contributed by atoms with Gasteiger partial charge in [-0.25, -0.2) is 0 Å². The number of rotatable bonds is 6. The van der Waals surface area contributed by atoms with E-state index in [1.165, 1.54) is 6.07 Å². The van der Waals surface area contributed by atoms with Crippen molar-refractivity contribution >= 4 is 17.3 Å². The van der Waals surface area contributed by atoms with Crippen LogP contribution in [0, 0.1) is 10.1 Å². The molecule has 0 atom stereocenters. The summed E-state index contributed by atoms with van der Waals surface area (Å²) >= 11 is 0. The van der Waals surface area contributed by atoms with Gasteiger partial charge in [0.1, 0.15) is 11.3 Å². The maximum absolute atomic E-state index is 12.6. The summed E-state index contributed by atoms with van der Waals surface area (Å²) in [5.41, 5.74) is 0.312. The first-order chi connectivity index (χ1) is 9.43. The second-order valence-electron chi connectivity index (χ2n) is 4.80. The number of nitro benzene ring substituents is 1. The molecule has 0 heterocycles. The second-order valence-corrected chi connectivity index (χ2v) is 4.80.